The Morgan fingerprint density at radius 2 is 2.10 bits per heavy atom. The maximum Gasteiger partial charge on any atom is 0.315 e. The van der Waals surface area contributed by atoms with Crippen LogP contribution in [0.15, 0.2) is 24.3 Å². The third-order valence-electron chi connectivity index (χ3n) is 3.15. The molecule has 0 bridgehead atoms. The third kappa shape index (κ3) is 3.67. The number of carbonyl (C=O) groups is 1. The zero-order chi connectivity index (χ0) is 14.8. The minimum absolute atomic E-state index is 0.221. The largest absolute Gasteiger partial charge is 0.382 e. The molecular formula is C15H22N2O2S. The van der Waals surface area contributed by atoms with Crippen LogP contribution in [0.5, 0.6) is 0 Å². The van der Waals surface area contributed by atoms with Gasteiger partial charge in [-0.25, -0.2) is 4.79 Å². The van der Waals surface area contributed by atoms with Crippen molar-refractivity contribution in [2.75, 3.05) is 12.3 Å². The standard InChI is InChI=1S/C15H22N2O2S/c1-14(2,3)17-13(18)16-9-15(19)10-20-8-11-6-4-5-7-12(11)15/h4-7,19H,8-10H2,1-3H3,(H2,16,17,18). The van der Waals surface area contributed by atoms with Crippen LogP contribution in [0.25, 0.3) is 0 Å². The van der Waals surface area contributed by atoms with Crippen LogP contribution < -0.4 is 10.6 Å². The first-order valence-corrected chi connectivity index (χ1v) is 7.90. The number of nitrogens with one attached hydrogen (secondary N) is 2. The van der Waals surface area contributed by atoms with E-state index in [4.69, 9.17) is 0 Å². The molecule has 4 nitrogen and oxygen atoms in total. The Kier molecular flexibility index (Phi) is 4.30. The summed E-state index contributed by atoms with van der Waals surface area (Å²) >= 11 is 1.69. The van der Waals surface area contributed by atoms with E-state index >= 15 is 0 Å². The fraction of sp³-hybridized carbons (Fsp3) is 0.533. The van der Waals surface area contributed by atoms with E-state index in [0.717, 1.165) is 16.9 Å². The Morgan fingerprint density at radius 1 is 1.40 bits per heavy atom. The van der Waals surface area contributed by atoms with Crippen LogP contribution in [-0.2, 0) is 11.4 Å². The van der Waals surface area contributed by atoms with Crippen LogP contribution in [0, 0.1) is 0 Å². The first-order valence-electron chi connectivity index (χ1n) is 6.75. The number of hydrogen-bond acceptors (Lipinski definition) is 3. The summed E-state index contributed by atoms with van der Waals surface area (Å²) in [5.74, 6) is 1.51. The molecule has 0 saturated carbocycles. The van der Waals surface area contributed by atoms with Gasteiger partial charge in [-0.2, -0.15) is 11.8 Å². The predicted octanol–water partition coefficient (Wildman–Crippen LogP) is 2.22. The first-order chi connectivity index (χ1) is 9.30. The van der Waals surface area contributed by atoms with Crippen molar-refractivity contribution >= 4 is 17.8 Å². The smallest absolute Gasteiger partial charge is 0.315 e. The lowest BCUT2D eigenvalue weighted by atomic mass is 9.91. The van der Waals surface area contributed by atoms with Crippen molar-refractivity contribution in [3.8, 4) is 0 Å². The number of carbonyl (C=O) groups excluding carboxylic acids is 1. The molecule has 110 valence electrons. The van der Waals surface area contributed by atoms with E-state index in [1.165, 1.54) is 0 Å². The summed E-state index contributed by atoms with van der Waals surface area (Å²) in [5, 5.41) is 16.4. The van der Waals surface area contributed by atoms with Crippen molar-refractivity contribution in [1.29, 1.82) is 0 Å². The number of hydrogen-bond donors (Lipinski definition) is 3. The molecule has 0 fully saturated rings. The van der Waals surface area contributed by atoms with E-state index in [2.05, 4.69) is 10.6 Å². The van der Waals surface area contributed by atoms with Crippen LogP contribution in [0.4, 0.5) is 4.79 Å². The highest BCUT2D eigenvalue weighted by Crippen LogP contribution is 2.35. The molecule has 1 aromatic rings. The minimum atomic E-state index is -0.991. The van der Waals surface area contributed by atoms with Crippen LogP contribution >= 0.6 is 11.8 Å². The van der Waals surface area contributed by atoms with Crippen molar-refractivity contribution in [3.05, 3.63) is 35.4 Å². The molecule has 2 amide bonds. The maximum atomic E-state index is 11.8. The molecule has 20 heavy (non-hydrogen) atoms. The molecule has 1 atom stereocenters. The lowest BCUT2D eigenvalue weighted by Crippen LogP contribution is -2.51. The van der Waals surface area contributed by atoms with Gasteiger partial charge in [0, 0.05) is 17.0 Å². The molecule has 5 heteroatoms. The second-order valence-electron chi connectivity index (χ2n) is 6.24. The molecule has 0 radical (unpaired) electrons. The van der Waals surface area contributed by atoms with Gasteiger partial charge in [-0.15, -0.1) is 0 Å². The van der Waals surface area contributed by atoms with Crippen molar-refractivity contribution in [2.24, 2.45) is 0 Å². The highest BCUT2D eigenvalue weighted by Gasteiger charge is 2.35. The van der Waals surface area contributed by atoms with Gasteiger partial charge in [0.1, 0.15) is 5.60 Å². The zero-order valence-electron chi connectivity index (χ0n) is 12.2. The quantitative estimate of drug-likeness (QED) is 0.784. The molecule has 3 N–H and O–H groups in total. The van der Waals surface area contributed by atoms with Crippen LogP contribution in [0.2, 0.25) is 0 Å². The van der Waals surface area contributed by atoms with E-state index in [9.17, 15) is 9.90 Å². The van der Waals surface area contributed by atoms with Gasteiger partial charge in [0.2, 0.25) is 0 Å². The van der Waals surface area contributed by atoms with Gasteiger partial charge in [0.05, 0.1) is 6.54 Å². The number of fused-ring (bicyclic) bond motifs is 1. The molecule has 1 unspecified atom stereocenters. The van der Waals surface area contributed by atoms with E-state index in [1.54, 1.807) is 11.8 Å². The summed E-state index contributed by atoms with van der Waals surface area (Å²) in [5.41, 5.74) is 0.791. The summed E-state index contributed by atoms with van der Waals surface area (Å²) < 4.78 is 0. The fourth-order valence-electron chi connectivity index (χ4n) is 2.27. The minimum Gasteiger partial charge on any atom is -0.382 e. The van der Waals surface area contributed by atoms with Gasteiger partial charge in [-0.3, -0.25) is 0 Å². The number of benzene rings is 1. The van der Waals surface area contributed by atoms with Gasteiger partial charge in [0.25, 0.3) is 0 Å². The van der Waals surface area contributed by atoms with Crippen LogP contribution in [0.1, 0.15) is 31.9 Å². The number of thioether (sulfide) groups is 1. The van der Waals surface area contributed by atoms with E-state index in [1.807, 2.05) is 45.0 Å². The highest BCUT2D eigenvalue weighted by atomic mass is 32.2. The average Bonchev–Trinajstić information content (AvgIpc) is 2.35. The lowest BCUT2D eigenvalue weighted by Gasteiger charge is -2.34. The number of rotatable bonds is 2. The molecule has 0 saturated heterocycles. The average molecular weight is 294 g/mol. The summed E-state index contributed by atoms with van der Waals surface area (Å²) in [6.45, 7) is 5.99. The van der Waals surface area contributed by atoms with Gasteiger partial charge >= 0.3 is 6.03 Å². The van der Waals surface area contributed by atoms with Gasteiger partial charge in [-0.05, 0) is 31.9 Å². The monoisotopic (exact) mass is 294 g/mol. The molecule has 1 aliphatic rings. The van der Waals surface area contributed by atoms with Crippen LogP contribution in [0.3, 0.4) is 0 Å². The summed E-state index contributed by atoms with van der Waals surface area (Å²) in [6.07, 6.45) is 0. The molecule has 0 aliphatic carbocycles. The normalized spacial score (nSPS) is 22.0. The topological polar surface area (TPSA) is 61.4 Å². The molecular weight excluding hydrogens is 272 g/mol. The van der Waals surface area contributed by atoms with Crippen molar-refractivity contribution in [1.82, 2.24) is 10.6 Å². The molecule has 1 aliphatic heterocycles. The Morgan fingerprint density at radius 3 is 2.80 bits per heavy atom. The first kappa shape index (κ1) is 15.2. The molecule has 0 aromatic heterocycles. The Labute approximate surface area is 124 Å². The van der Waals surface area contributed by atoms with Crippen LogP contribution in [-0.4, -0.2) is 29.0 Å². The Balaban J connectivity index is 2.04. The molecule has 1 aromatic carbocycles. The number of amides is 2. The second-order valence-corrected chi connectivity index (χ2v) is 7.22. The van der Waals surface area contributed by atoms with E-state index in [0.29, 0.717) is 5.75 Å². The van der Waals surface area contributed by atoms with Crippen molar-refractivity contribution in [3.63, 3.8) is 0 Å². The lowest BCUT2D eigenvalue weighted by molar-refractivity contribution is 0.0622. The summed E-state index contributed by atoms with van der Waals surface area (Å²) in [6, 6.07) is 7.62. The summed E-state index contributed by atoms with van der Waals surface area (Å²) in [7, 11) is 0. The van der Waals surface area contributed by atoms with Gasteiger partial charge < -0.3 is 15.7 Å². The zero-order valence-corrected chi connectivity index (χ0v) is 13.0. The fourth-order valence-corrected chi connectivity index (χ4v) is 3.43. The van der Waals surface area contributed by atoms with E-state index < -0.39 is 5.60 Å². The van der Waals surface area contributed by atoms with Gasteiger partial charge in [-0.1, -0.05) is 24.3 Å². The molecule has 1 heterocycles. The van der Waals surface area contributed by atoms with Gasteiger partial charge in [0.15, 0.2) is 0 Å². The number of urea groups is 1. The second kappa shape index (κ2) is 5.66. The SMILES string of the molecule is CC(C)(C)NC(=O)NCC1(O)CSCc2ccccc21. The van der Waals surface area contributed by atoms with Crippen molar-refractivity contribution < 1.29 is 9.90 Å². The third-order valence-corrected chi connectivity index (χ3v) is 4.34. The number of aliphatic hydroxyl groups is 1. The van der Waals surface area contributed by atoms with Crippen molar-refractivity contribution in [2.45, 2.75) is 37.7 Å². The highest BCUT2D eigenvalue weighted by molar-refractivity contribution is 7.98. The summed E-state index contributed by atoms with van der Waals surface area (Å²) in [4.78, 5) is 11.8. The molecule has 2 rings (SSSR count). The molecule has 0 spiro atoms. The Bertz CT molecular complexity index is 499. The van der Waals surface area contributed by atoms with E-state index in [-0.39, 0.29) is 18.1 Å². The Hall–Kier alpha value is -1.20. The predicted molar refractivity (Wildman–Crippen MR) is 82.8 cm³/mol. The maximum absolute atomic E-state index is 11.8.